The average molecular weight is 460 g/mol. The summed E-state index contributed by atoms with van der Waals surface area (Å²) in [4.78, 5) is 12.8. The highest BCUT2D eigenvalue weighted by Gasteiger charge is 2.23. The van der Waals surface area contributed by atoms with Crippen molar-refractivity contribution >= 4 is 11.7 Å². The van der Waals surface area contributed by atoms with Crippen molar-refractivity contribution in [2.24, 2.45) is 7.05 Å². The summed E-state index contributed by atoms with van der Waals surface area (Å²) < 4.78 is 25.0. The van der Waals surface area contributed by atoms with E-state index in [0.29, 0.717) is 28.8 Å². The van der Waals surface area contributed by atoms with Crippen LogP contribution in [0, 0.1) is 0 Å². The van der Waals surface area contributed by atoms with Crippen LogP contribution >= 0.6 is 0 Å². The predicted octanol–water partition coefficient (Wildman–Crippen LogP) is -1.09. The summed E-state index contributed by atoms with van der Waals surface area (Å²) in [5.41, 5.74) is 8.58. The third-order valence-electron chi connectivity index (χ3n) is 4.95. The van der Waals surface area contributed by atoms with Crippen LogP contribution < -0.4 is 46.2 Å². The first-order valence-corrected chi connectivity index (χ1v) is 8.77. The first-order chi connectivity index (χ1) is 13.6. The van der Waals surface area contributed by atoms with Gasteiger partial charge in [0.05, 0.1) is 7.05 Å². The molecule has 0 amide bonds. The van der Waals surface area contributed by atoms with Crippen molar-refractivity contribution in [1.29, 1.82) is 0 Å². The molecule has 1 aromatic heterocycles. The Labute approximate surface area is 177 Å². The van der Waals surface area contributed by atoms with Crippen LogP contribution in [0.3, 0.4) is 0 Å². The van der Waals surface area contributed by atoms with Crippen LogP contribution in [0.25, 0.3) is 11.3 Å². The first-order valence-electron chi connectivity index (χ1n) is 8.77. The Balaban J connectivity index is 0.00000205. The molecule has 0 unspecified atom stereocenters. The lowest BCUT2D eigenvalue weighted by molar-refractivity contribution is -0.667. The lowest BCUT2D eigenvalue weighted by Crippen LogP contribution is -3.00. The van der Waals surface area contributed by atoms with Crippen molar-refractivity contribution in [3.05, 3.63) is 48.2 Å². The molecule has 0 atom stereocenters. The third kappa shape index (κ3) is 3.27. The van der Waals surface area contributed by atoms with Gasteiger partial charge in [0.15, 0.2) is 28.8 Å². The molecule has 0 bridgehead atoms. The second-order valence-electron chi connectivity index (χ2n) is 6.62. The molecule has 9 heteroatoms. The molecule has 2 aliphatic heterocycles. The lowest BCUT2D eigenvalue weighted by atomic mass is 10.1. The molecule has 0 radical (unpaired) electrons. The van der Waals surface area contributed by atoms with Gasteiger partial charge in [-0.25, -0.2) is 9.13 Å². The largest absolute Gasteiger partial charge is 1.00 e. The zero-order chi connectivity index (χ0) is 19.3. The summed E-state index contributed by atoms with van der Waals surface area (Å²) in [5.74, 6) is 3.04. The average Bonchev–Trinajstić information content (AvgIpc) is 3.42. The highest BCUT2D eigenvalue weighted by molar-refractivity contribution is 5.95. The molecular weight excluding hydrogens is 442 g/mol. The summed E-state index contributed by atoms with van der Waals surface area (Å²) in [6.07, 6.45) is 1.86. The third-order valence-corrected chi connectivity index (χ3v) is 4.95. The summed E-state index contributed by atoms with van der Waals surface area (Å²) in [6.45, 7) is 0.508. The fourth-order valence-electron chi connectivity index (χ4n) is 3.38. The number of rotatable bonds is 4. The van der Waals surface area contributed by atoms with Crippen LogP contribution in [0.2, 0.25) is 0 Å². The van der Waals surface area contributed by atoms with E-state index in [1.165, 1.54) is 0 Å². The van der Waals surface area contributed by atoms with Crippen molar-refractivity contribution in [3.63, 3.8) is 0 Å². The monoisotopic (exact) mass is 459 g/mol. The van der Waals surface area contributed by atoms with Crippen molar-refractivity contribution in [2.75, 3.05) is 19.3 Å². The van der Waals surface area contributed by atoms with Gasteiger partial charge in [0.1, 0.15) is 18.4 Å². The molecule has 0 spiro atoms. The second kappa shape index (κ2) is 7.32. The fourth-order valence-corrected chi connectivity index (χ4v) is 3.38. The Kier molecular flexibility index (Phi) is 4.83. The minimum Gasteiger partial charge on any atom is -1.00 e. The Bertz CT molecular complexity index is 1110. The van der Waals surface area contributed by atoms with Crippen LogP contribution in [-0.2, 0) is 13.6 Å². The summed E-state index contributed by atoms with van der Waals surface area (Å²) in [7, 11) is 1.86. The van der Waals surface area contributed by atoms with E-state index in [2.05, 4.69) is 0 Å². The number of halogens is 1. The van der Waals surface area contributed by atoms with Gasteiger partial charge in [-0.05, 0) is 36.4 Å². The number of hydrogen-bond acceptors (Lipinski definition) is 6. The number of anilines is 1. The molecule has 3 aromatic rings. The quantitative estimate of drug-likeness (QED) is 0.393. The number of nitrogens with zero attached hydrogens (tertiary/aromatic N) is 2. The Morgan fingerprint density at radius 3 is 2.34 bits per heavy atom. The Hall–Kier alpha value is -3.20. The summed E-state index contributed by atoms with van der Waals surface area (Å²) in [6, 6.07) is 10.9. The molecule has 0 fully saturated rings. The molecule has 29 heavy (non-hydrogen) atoms. The van der Waals surface area contributed by atoms with E-state index in [1.807, 2.05) is 36.0 Å². The standard InChI is InChI=1S/C20H17N3O5.BrH/c1-22-14(12-2-4-16-18(6-12)27-10-25-16)8-23(20(22)21)9-15(24)13-3-5-17-19(7-13)28-11-26-17;/h2-8,21H,9-11H2,1H3;1H. The number of ketones is 1. The van der Waals surface area contributed by atoms with Crippen LogP contribution in [0.5, 0.6) is 23.0 Å². The number of nitrogens with two attached hydrogens (primary N) is 1. The van der Waals surface area contributed by atoms with Crippen molar-refractivity contribution < 1.29 is 45.3 Å². The molecule has 150 valence electrons. The number of benzene rings is 2. The molecule has 2 aliphatic rings. The van der Waals surface area contributed by atoms with Crippen LogP contribution in [0.1, 0.15) is 10.4 Å². The van der Waals surface area contributed by atoms with Crippen LogP contribution in [-0.4, -0.2) is 23.9 Å². The maximum Gasteiger partial charge on any atom is 0.355 e. The van der Waals surface area contributed by atoms with E-state index in [9.17, 15) is 4.79 Å². The zero-order valence-electron chi connectivity index (χ0n) is 15.6. The highest BCUT2D eigenvalue weighted by Crippen LogP contribution is 2.36. The number of ether oxygens (including phenoxy) is 4. The smallest absolute Gasteiger partial charge is 0.355 e. The summed E-state index contributed by atoms with van der Waals surface area (Å²) >= 11 is 0. The zero-order valence-corrected chi connectivity index (χ0v) is 17.1. The number of carbonyl (C=O) groups excluding carboxylic acids is 1. The number of imidazole rings is 1. The SMILES string of the molecule is Cn1c(-c2ccc3c(c2)OCO3)c[n+](CC(=O)c2ccc3c(c2)OCO3)c1N.[Br-]. The Morgan fingerprint density at radius 2 is 1.62 bits per heavy atom. The van der Waals surface area contributed by atoms with Crippen molar-refractivity contribution in [2.45, 2.75) is 6.54 Å². The topological polar surface area (TPSA) is 88.8 Å². The van der Waals surface area contributed by atoms with Gasteiger partial charge in [-0.3, -0.25) is 10.5 Å². The molecule has 8 nitrogen and oxygen atoms in total. The molecule has 2 N–H and O–H groups in total. The molecule has 3 heterocycles. The molecular formula is C20H18BrN3O5. The predicted molar refractivity (Wildman–Crippen MR) is 98.5 cm³/mol. The number of aromatic nitrogens is 2. The van der Waals surface area contributed by atoms with Crippen LogP contribution in [0.4, 0.5) is 5.95 Å². The first kappa shape index (κ1) is 19.1. The van der Waals surface area contributed by atoms with E-state index in [-0.39, 0.29) is 42.9 Å². The number of hydrogen-bond donors (Lipinski definition) is 1. The van der Waals surface area contributed by atoms with E-state index in [0.717, 1.165) is 17.0 Å². The van der Waals surface area contributed by atoms with E-state index in [1.54, 1.807) is 22.8 Å². The summed E-state index contributed by atoms with van der Waals surface area (Å²) in [5, 5.41) is 0. The van der Waals surface area contributed by atoms with Gasteiger partial charge in [0, 0.05) is 11.1 Å². The van der Waals surface area contributed by atoms with E-state index in [4.69, 9.17) is 24.7 Å². The van der Waals surface area contributed by atoms with Gasteiger partial charge in [0.2, 0.25) is 13.6 Å². The number of fused-ring (bicyclic) bond motifs is 2. The van der Waals surface area contributed by atoms with Crippen LogP contribution in [0.15, 0.2) is 42.6 Å². The normalized spacial score (nSPS) is 13.3. The fraction of sp³-hybridized carbons (Fsp3) is 0.200. The number of Topliss-reactive ketones (excluding diaryl/α,β-unsaturated/α-hetero) is 1. The molecule has 0 saturated carbocycles. The van der Waals surface area contributed by atoms with Gasteiger partial charge >= 0.3 is 5.95 Å². The van der Waals surface area contributed by atoms with E-state index >= 15 is 0 Å². The van der Waals surface area contributed by atoms with Gasteiger partial charge in [-0.2, -0.15) is 0 Å². The second-order valence-corrected chi connectivity index (χ2v) is 6.62. The van der Waals surface area contributed by atoms with Crippen molar-refractivity contribution in [3.8, 4) is 34.3 Å². The van der Waals surface area contributed by atoms with Gasteiger partial charge in [-0.15, -0.1) is 0 Å². The molecule has 0 saturated heterocycles. The maximum absolute atomic E-state index is 12.8. The van der Waals surface area contributed by atoms with Gasteiger partial charge in [-0.1, -0.05) is 0 Å². The van der Waals surface area contributed by atoms with Gasteiger partial charge in [0.25, 0.3) is 0 Å². The lowest BCUT2D eigenvalue weighted by Gasteiger charge is -2.02. The minimum absolute atomic E-state index is 0. The molecule has 0 aliphatic carbocycles. The molecule has 2 aromatic carbocycles. The van der Waals surface area contributed by atoms with Gasteiger partial charge < -0.3 is 35.9 Å². The number of nitrogen functional groups attached to an aromatic ring is 1. The maximum atomic E-state index is 12.8. The molecule has 5 rings (SSSR count). The van der Waals surface area contributed by atoms with Crippen molar-refractivity contribution in [1.82, 2.24) is 4.57 Å². The van der Waals surface area contributed by atoms with E-state index < -0.39 is 0 Å². The Morgan fingerprint density at radius 1 is 1.00 bits per heavy atom. The highest BCUT2D eigenvalue weighted by atomic mass is 79.9. The number of carbonyl (C=O) groups is 1. The minimum atomic E-state index is -0.0714.